The zero-order valence-corrected chi connectivity index (χ0v) is 21.0. The van der Waals surface area contributed by atoms with Crippen molar-refractivity contribution in [1.82, 2.24) is 5.43 Å². The summed E-state index contributed by atoms with van der Waals surface area (Å²) >= 11 is 4.97. The molecule has 32 heavy (non-hydrogen) atoms. The molecule has 10 heteroatoms. The number of hydrazone groups is 1. The third kappa shape index (κ3) is 11.2. The van der Waals surface area contributed by atoms with Crippen LogP contribution in [0.5, 0.6) is 0 Å². The topological polar surface area (TPSA) is 93.0 Å². The molecule has 3 rings (SSSR count). The maximum absolute atomic E-state index is 10.4. The third-order valence-corrected chi connectivity index (χ3v) is 4.06. The van der Waals surface area contributed by atoms with Crippen molar-refractivity contribution in [2.45, 2.75) is 20.8 Å². The van der Waals surface area contributed by atoms with E-state index >= 15 is 0 Å². The number of hydrogen-bond acceptors (Lipinski definition) is 6. The van der Waals surface area contributed by atoms with Crippen LogP contribution in [-0.2, 0) is 32.1 Å². The molecule has 1 heterocycles. The molecule has 1 aliphatic carbocycles. The van der Waals surface area contributed by atoms with Gasteiger partial charge < -0.3 is 29.5 Å². The van der Waals surface area contributed by atoms with Crippen molar-refractivity contribution < 1.29 is 41.2 Å². The summed E-state index contributed by atoms with van der Waals surface area (Å²) in [4.78, 5) is 13.9. The summed E-state index contributed by atoms with van der Waals surface area (Å²) in [6.45, 7) is 6.54. The number of furan rings is 1. The molecule has 0 amide bonds. The molecule has 7 nitrogen and oxygen atoms in total. The molecule has 6 radical (unpaired) electrons. The van der Waals surface area contributed by atoms with Gasteiger partial charge in [-0.2, -0.15) is 5.10 Å². The normalized spacial score (nSPS) is 14.8. The van der Waals surface area contributed by atoms with Crippen LogP contribution in [0.3, 0.4) is 0 Å². The monoisotopic (exact) mass is 560 g/mol. The Morgan fingerprint density at radius 3 is 2.28 bits per heavy atom. The minimum absolute atomic E-state index is 0. The SMILES string of the molecule is C[C]1[CH][CH][C](C(C)C)[CH][CH]1.O=[N+]([O-])c1ccc(/C=N/NC([S-])=Nc2ccccc2)o1.[Cl-].[Ru+2]. The molecule has 0 saturated heterocycles. The third-order valence-electron chi connectivity index (χ3n) is 3.88. The van der Waals surface area contributed by atoms with E-state index in [1.54, 1.807) is 12.1 Å². The van der Waals surface area contributed by atoms with E-state index in [2.05, 4.69) is 62.0 Å². The molecule has 1 aromatic heterocycles. The van der Waals surface area contributed by atoms with E-state index in [1.165, 1.54) is 30.2 Å². The Kier molecular flexibility index (Phi) is 15.0. The Morgan fingerprint density at radius 1 is 1.12 bits per heavy atom. The van der Waals surface area contributed by atoms with Gasteiger partial charge in [-0.15, -0.1) is 0 Å². The number of aliphatic imine (C=N–C) groups is 1. The Hall–Kier alpha value is -1.83. The van der Waals surface area contributed by atoms with Gasteiger partial charge in [0.1, 0.15) is 4.92 Å². The number of nitrogens with zero attached hydrogens (tertiary/aromatic N) is 3. The average molecular weight is 560 g/mol. The molecule has 170 valence electrons. The van der Waals surface area contributed by atoms with Crippen molar-refractivity contribution in [1.29, 1.82) is 0 Å². The first-order valence-corrected chi connectivity index (χ1v) is 9.66. The number of rotatable bonds is 5. The van der Waals surface area contributed by atoms with Gasteiger partial charge >= 0.3 is 25.4 Å². The second-order valence-corrected chi connectivity index (χ2v) is 7.01. The first-order chi connectivity index (χ1) is 14.3. The van der Waals surface area contributed by atoms with Crippen LogP contribution in [0.1, 0.15) is 26.5 Å². The second-order valence-electron chi connectivity index (χ2n) is 6.62. The molecule has 1 aliphatic rings. The molecule has 1 aromatic carbocycles. The van der Waals surface area contributed by atoms with Crippen molar-refractivity contribution in [3.63, 3.8) is 0 Å². The summed E-state index contributed by atoms with van der Waals surface area (Å²) in [6.07, 6.45) is 9.99. The molecule has 1 N–H and O–H groups in total. The number of amidine groups is 1. The summed E-state index contributed by atoms with van der Waals surface area (Å²) in [5.41, 5.74) is 3.23. The van der Waals surface area contributed by atoms with Gasteiger partial charge in [-0.1, -0.05) is 39.0 Å². The van der Waals surface area contributed by atoms with Crippen LogP contribution in [0, 0.1) is 53.6 Å². The Bertz CT molecular complexity index is 854. The first-order valence-electron chi connectivity index (χ1n) is 9.25. The first kappa shape index (κ1) is 30.2. The summed E-state index contributed by atoms with van der Waals surface area (Å²) in [6, 6.07) is 11.8. The van der Waals surface area contributed by atoms with E-state index < -0.39 is 4.92 Å². The maximum Gasteiger partial charge on any atom is 2.00 e. The number of hydrogen-bond donors (Lipinski definition) is 1. The van der Waals surface area contributed by atoms with Gasteiger partial charge in [0.05, 0.1) is 18.0 Å². The standard InChI is InChI=1S/C12H10N4O3S.C10H14.ClH.Ru/c17-16(18)11-7-6-10(19-11)8-13-15-12(20)14-9-4-2-1-3-5-9;1-8(2)10-6-4-9(3)5-7-10;;/h1-8H,(H2,14,15,20);4-8H,1-3H3;1H;/q;;;+2/p-2/b13-8+;;;. The number of para-hydroxylation sites is 1. The van der Waals surface area contributed by atoms with Gasteiger partial charge in [-0.25, -0.2) is 0 Å². The van der Waals surface area contributed by atoms with Gasteiger partial charge in [0, 0.05) is 5.17 Å². The van der Waals surface area contributed by atoms with Gasteiger partial charge in [0.15, 0.2) is 5.76 Å². The van der Waals surface area contributed by atoms with Crippen LogP contribution in [0.15, 0.2) is 57.0 Å². The van der Waals surface area contributed by atoms with Crippen molar-refractivity contribution in [2.75, 3.05) is 0 Å². The van der Waals surface area contributed by atoms with Crippen LogP contribution in [0.4, 0.5) is 11.6 Å². The van der Waals surface area contributed by atoms with E-state index in [0.717, 1.165) is 0 Å². The fourth-order valence-electron chi connectivity index (χ4n) is 2.26. The number of nitrogens with one attached hydrogen (secondary N) is 1. The average Bonchev–Trinajstić information content (AvgIpc) is 3.19. The summed E-state index contributed by atoms with van der Waals surface area (Å²) in [5, 5.41) is 14.4. The van der Waals surface area contributed by atoms with Crippen LogP contribution in [-0.4, -0.2) is 16.3 Å². The van der Waals surface area contributed by atoms with Crippen LogP contribution in [0.25, 0.3) is 0 Å². The van der Waals surface area contributed by atoms with Gasteiger partial charge in [-0.3, -0.25) is 20.5 Å². The van der Waals surface area contributed by atoms with Crippen LogP contribution < -0.4 is 17.8 Å². The molecule has 0 unspecified atom stereocenters. The van der Waals surface area contributed by atoms with E-state index in [9.17, 15) is 10.1 Å². The fraction of sp³-hybridized carbons (Fsp3) is 0.182. The predicted octanol–water partition coefficient (Wildman–Crippen LogP) is 1.99. The van der Waals surface area contributed by atoms with E-state index in [1.807, 2.05) is 18.2 Å². The number of benzene rings is 1. The van der Waals surface area contributed by atoms with E-state index in [-0.39, 0.29) is 48.7 Å². The molecule has 0 spiro atoms. The van der Waals surface area contributed by atoms with Crippen LogP contribution >= 0.6 is 0 Å². The quantitative estimate of drug-likeness (QED) is 0.151. The second kappa shape index (κ2) is 15.9. The molecule has 1 saturated carbocycles. The van der Waals surface area contributed by atoms with Crippen molar-refractivity contribution >= 4 is 35.6 Å². The molecule has 1 fully saturated rings. The van der Waals surface area contributed by atoms with Gasteiger partial charge in [0.2, 0.25) is 0 Å². The zero-order valence-electron chi connectivity index (χ0n) is 17.7. The molecule has 0 aliphatic heterocycles. The molecular formula is C22H23ClN4O3RuS. The fourth-order valence-corrected chi connectivity index (χ4v) is 2.42. The molecule has 0 bridgehead atoms. The maximum atomic E-state index is 10.4. The van der Waals surface area contributed by atoms with Crippen LogP contribution in [0.2, 0.25) is 0 Å². The van der Waals surface area contributed by atoms with Gasteiger partial charge in [-0.05, 0) is 61.6 Å². The van der Waals surface area contributed by atoms with E-state index in [0.29, 0.717) is 11.6 Å². The zero-order chi connectivity index (χ0) is 21.9. The van der Waals surface area contributed by atoms with Crippen molar-refractivity contribution in [3.05, 3.63) is 95.9 Å². The predicted molar refractivity (Wildman–Crippen MR) is 121 cm³/mol. The molecule has 0 atom stereocenters. The summed E-state index contributed by atoms with van der Waals surface area (Å²) in [7, 11) is 0. The van der Waals surface area contributed by atoms with Crippen molar-refractivity contribution in [2.24, 2.45) is 16.0 Å². The van der Waals surface area contributed by atoms with E-state index in [4.69, 9.17) is 17.0 Å². The number of halogens is 1. The molecular weight excluding hydrogens is 537 g/mol. The Morgan fingerprint density at radius 2 is 1.75 bits per heavy atom. The summed E-state index contributed by atoms with van der Waals surface area (Å²) < 4.78 is 4.88. The Labute approximate surface area is 214 Å². The molecule has 2 aromatic rings. The number of nitro groups is 1. The minimum Gasteiger partial charge on any atom is -1.00 e. The van der Waals surface area contributed by atoms with Crippen molar-refractivity contribution in [3.8, 4) is 0 Å². The minimum atomic E-state index is -0.625. The summed E-state index contributed by atoms with van der Waals surface area (Å²) in [5.74, 6) is 3.31. The Balaban J connectivity index is 0.000000683. The smallest absolute Gasteiger partial charge is 1.00 e. The largest absolute Gasteiger partial charge is 2.00 e. The van der Waals surface area contributed by atoms with Gasteiger partial charge in [0.25, 0.3) is 0 Å².